The van der Waals surface area contributed by atoms with Gasteiger partial charge in [-0.1, -0.05) is 0 Å². The Morgan fingerprint density at radius 3 is 2.65 bits per heavy atom. The van der Waals surface area contributed by atoms with Crippen LogP contribution in [0.25, 0.3) is 11.1 Å². The summed E-state index contributed by atoms with van der Waals surface area (Å²) in [5.74, 6) is -0.539. The van der Waals surface area contributed by atoms with Gasteiger partial charge >= 0.3 is 5.97 Å². The van der Waals surface area contributed by atoms with Crippen LogP contribution in [0.1, 0.15) is 10.4 Å². The second-order valence-electron chi connectivity index (χ2n) is 3.32. The number of ether oxygens (including phenoxy) is 1. The fraction of sp³-hybridized carbons (Fsp3) is 0.0833. The molecular weight excluding hydrogens is 220 g/mol. The molecule has 0 saturated carbocycles. The highest BCUT2D eigenvalue weighted by atomic mass is 16.5. The molecule has 2 aromatic heterocycles. The van der Waals surface area contributed by atoms with Gasteiger partial charge in [-0.3, -0.25) is 9.78 Å². The molecule has 86 valence electrons. The molecule has 5 heteroatoms. The molecule has 0 aromatic carbocycles. The Bertz CT molecular complexity index is 590. The molecule has 2 rings (SSSR count). The first-order valence-electron chi connectivity index (χ1n) is 4.94. The third kappa shape index (κ3) is 2.08. The Morgan fingerprint density at radius 2 is 2.00 bits per heavy atom. The third-order valence-electron chi connectivity index (χ3n) is 2.34. The SMILES string of the molecule is COC(=O)c1cc[nH]c(=O)c1-c1ccncc1. The molecule has 0 amide bonds. The van der Waals surface area contributed by atoms with Crippen molar-refractivity contribution in [3.63, 3.8) is 0 Å². The summed E-state index contributed by atoms with van der Waals surface area (Å²) in [5.41, 5.74) is 0.825. The molecule has 0 spiro atoms. The van der Waals surface area contributed by atoms with Crippen LogP contribution in [0.2, 0.25) is 0 Å². The molecule has 0 bridgehead atoms. The smallest absolute Gasteiger partial charge is 0.338 e. The number of methoxy groups -OCH3 is 1. The van der Waals surface area contributed by atoms with E-state index in [0.717, 1.165) is 0 Å². The molecule has 0 saturated heterocycles. The van der Waals surface area contributed by atoms with Gasteiger partial charge in [-0.05, 0) is 23.8 Å². The van der Waals surface area contributed by atoms with Gasteiger partial charge in [0, 0.05) is 18.6 Å². The predicted octanol–water partition coefficient (Wildman–Crippen LogP) is 1.22. The van der Waals surface area contributed by atoms with Gasteiger partial charge in [-0.15, -0.1) is 0 Å². The number of nitrogens with one attached hydrogen (secondary N) is 1. The summed E-state index contributed by atoms with van der Waals surface area (Å²) in [4.78, 5) is 29.7. The van der Waals surface area contributed by atoms with E-state index < -0.39 is 5.97 Å². The number of aromatic nitrogens is 2. The fourth-order valence-corrected chi connectivity index (χ4v) is 1.56. The highest BCUT2D eigenvalue weighted by Crippen LogP contribution is 2.18. The number of carbonyl (C=O) groups excluding carboxylic acids is 1. The zero-order chi connectivity index (χ0) is 12.3. The normalized spacial score (nSPS) is 9.94. The number of hydrogen-bond donors (Lipinski definition) is 1. The second kappa shape index (κ2) is 4.61. The van der Waals surface area contributed by atoms with E-state index in [1.54, 1.807) is 24.5 Å². The summed E-state index contributed by atoms with van der Waals surface area (Å²) in [7, 11) is 1.28. The number of H-pyrrole nitrogens is 1. The molecule has 0 aliphatic carbocycles. The molecule has 0 aliphatic rings. The van der Waals surface area contributed by atoms with Crippen molar-refractivity contribution in [2.75, 3.05) is 7.11 Å². The van der Waals surface area contributed by atoms with Crippen molar-refractivity contribution in [2.24, 2.45) is 0 Å². The number of aromatic amines is 1. The van der Waals surface area contributed by atoms with Gasteiger partial charge in [0.25, 0.3) is 5.56 Å². The Balaban J connectivity index is 2.68. The number of hydrogen-bond acceptors (Lipinski definition) is 4. The largest absolute Gasteiger partial charge is 0.465 e. The van der Waals surface area contributed by atoms with Crippen molar-refractivity contribution in [3.8, 4) is 11.1 Å². The number of pyridine rings is 2. The van der Waals surface area contributed by atoms with Gasteiger partial charge < -0.3 is 9.72 Å². The van der Waals surface area contributed by atoms with Crippen LogP contribution in [-0.4, -0.2) is 23.0 Å². The Morgan fingerprint density at radius 1 is 1.29 bits per heavy atom. The van der Waals surface area contributed by atoms with Crippen LogP contribution in [0.15, 0.2) is 41.6 Å². The average Bonchev–Trinajstić information content (AvgIpc) is 2.38. The highest BCUT2D eigenvalue weighted by Gasteiger charge is 2.15. The lowest BCUT2D eigenvalue weighted by molar-refractivity contribution is 0.0601. The maximum absolute atomic E-state index is 11.8. The fourth-order valence-electron chi connectivity index (χ4n) is 1.56. The van der Waals surface area contributed by atoms with Crippen molar-refractivity contribution < 1.29 is 9.53 Å². The summed E-state index contributed by atoms with van der Waals surface area (Å²) in [6.45, 7) is 0. The van der Waals surface area contributed by atoms with Crippen LogP contribution in [0, 0.1) is 0 Å². The summed E-state index contributed by atoms with van der Waals surface area (Å²) in [6, 6.07) is 4.84. The van der Waals surface area contributed by atoms with Crippen LogP contribution in [0.4, 0.5) is 0 Å². The van der Waals surface area contributed by atoms with Gasteiger partial charge in [0.05, 0.1) is 18.2 Å². The average molecular weight is 230 g/mol. The zero-order valence-corrected chi connectivity index (χ0v) is 9.14. The van der Waals surface area contributed by atoms with E-state index in [9.17, 15) is 9.59 Å². The lowest BCUT2D eigenvalue weighted by atomic mass is 10.0. The van der Waals surface area contributed by atoms with Crippen molar-refractivity contribution in [3.05, 3.63) is 52.7 Å². The molecule has 17 heavy (non-hydrogen) atoms. The minimum Gasteiger partial charge on any atom is -0.465 e. The van der Waals surface area contributed by atoms with Gasteiger partial charge in [0.1, 0.15) is 0 Å². The van der Waals surface area contributed by atoms with Crippen molar-refractivity contribution in [1.29, 1.82) is 0 Å². The molecule has 2 aromatic rings. The summed E-state index contributed by atoms with van der Waals surface area (Å²) >= 11 is 0. The second-order valence-corrected chi connectivity index (χ2v) is 3.32. The number of esters is 1. The first kappa shape index (κ1) is 11.1. The van der Waals surface area contributed by atoms with Crippen molar-refractivity contribution in [1.82, 2.24) is 9.97 Å². The van der Waals surface area contributed by atoms with Crippen LogP contribution < -0.4 is 5.56 Å². The van der Waals surface area contributed by atoms with Gasteiger partial charge in [-0.2, -0.15) is 0 Å². The van der Waals surface area contributed by atoms with Crippen LogP contribution in [0.3, 0.4) is 0 Å². The van der Waals surface area contributed by atoms with E-state index in [1.165, 1.54) is 19.4 Å². The standard InChI is InChI=1S/C12H10N2O3/c1-17-12(16)9-4-7-14-11(15)10(9)8-2-5-13-6-3-8/h2-7H,1H3,(H,14,15). The number of rotatable bonds is 2. The van der Waals surface area contributed by atoms with Gasteiger partial charge in [-0.25, -0.2) is 4.79 Å². The molecular formula is C12H10N2O3. The Labute approximate surface area is 97.1 Å². The molecule has 0 fully saturated rings. The van der Waals surface area contributed by atoms with E-state index in [-0.39, 0.29) is 11.1 Å². The Hall–Kier alpha value is -2.43. The van der Waals surface area contributed by atoms with Gasteiger partial charge in [0.15, 0.2) is 0 Å². The molecule has 0 atom stereocenters. The molecule has 1 N–H and O–H groups in total. The molecule has 0 radical (unpaired) electrons. The summed E-state index contributed by atoms with van der Waals surface area (Å²) in [5, 5.41) is 0. The maximum Gasteiger partial charge on any atom is 0.338 e. The number of carbonyl (C=O) groups is 1. The molecule has 0 unspecified atom stereocenters. The monoisotopic (exact) mass is 230 g/mol. The van der Waals surface area contributed by atoms with Crippen molar-refractivity contribution in [2.45, 2.75) is 0 Å². The maximum atomic E-state index is 11.8. The Kier molecular flexibility index (Phi) is 3.00. The molecule has 0 aliphatic heterocycles. The van der Waals surface area contributed by atoms with Crippen LogP contribution in [-0.2, 0) is 4.74 Å². The van der Waals surface area contributed by atoms with E-state index >= 15 is 0 Å². The first-order valence-corrected chi connectivity index (χ1v) is 4.94. The van der Waals surface area contributed by atoms with Crippen LogP contribution >= 0.6 is 0 Å². The van der Waals surface area contributed by atoms with E-state index in [1.807, 2.05) is 0 Å². The topological polar surface area (TPSA) is 72.1 Å². The minimum absolute atomic E-state index is 0.238. The lowest BCUT2D eigenvalue weighted by Crippen LogP contribution is -2.15. The molecule has 2 heterocycles. The summed E-state index contributed by atoms with van der Waals surface area (Å²) < 4.78 is 4.65. The minimum atomic E-state index is -0.539. The van der Waals surface area contributed by atoms with E-state index in [0.29, 0.717) is 11.1 Å². The first-order chi connectivity index (χ1) is 8.24. The quantitative estimate of drug-likeness (QED) is 0.787. The highest BCUT2D eigenvalue weighted by molar-refractivity contribution is 5.96. The van der Waals surface area contributed by atoms with Gasteiger partial charge in [0.2, 0.25) is 0 Å². The molecule has 5 nitrogen and oxygen atoms in total. The lowest BCUT2D eigenvalue weighted by Gasteiger charge is -2.06. The number of nitrogens with zero attached hydrogens (tertiary/aromatic N) is 1. The third-order valence-corrected chi connectivity index (χ3v) is 2.34. The van der Waals surface area contributed by atoms with E-state index in [4.69, 9.17) is 0 Å². The zero-order valence-electron chi connectivity index (χ0n) is 9.14. The van der Waals surface area contributed by atoms with Crippen molar-refractivity contribution >= 4 is 5.97 Å². The summed E-state index contributed by atoms with van der Waals surface area (Å²) in [6.07, 6.45) is 4.53. The predicted molar refractivity (Wildman–Crippen MR) is 61.6 cm³/mol. The van der Waals surface area contributed by atoms with Crippen LogP contribution in [0.5, 0.6) is 0 Å². The van der Waals surface area contributed by atoms with E-state index in [2.05, 4.69) is 14.7 Å².